The van der Waals surface area contributed by atoms with Gasteiger partial charge in [-0.3, -0.25) is 0 Å². The van der Waals surface area contributed by atoms with Gasteiger partial charge in [0.2, 0.25) is 5.95 Å². The van der Waals surface area contributed by atoms with Gasteiger partial charge in [0.15, 0.2) is 0 Å². The van der Waals surface area contributed by atoms with Crippen molar-refractivity contribution in [1.29, 1.82) is 0 Å². The summed E-state index contributed by atoms with van der Waals surface area (Å²) in [4.78, 5) is 4.31. The van der Waals surface area contributed by atoms with Gasteiger partial charge >= 0.3 is 0 Å². The van der Waals surface area contributed by atoms with E-state index < -0.39 is 0 Å². The summed E-state index contributed by atoms with van der Waals surface area (Å²) in [5.41, 5.74) is 2.06. The Morgan fingerprint density at radius 3 is 2.50 bits per heavy atom. The van der Waals surface area contributed by atoms with Gasteiger partial charge in [-0.2, -0.15) is 0 Å². The lowest BCUT2D eigenvalue weighted by Gasteiger charge is -2.04. The molecule has 4 nitrogen and oxygen atoms in total. The number of hydrogen-bond acceptors (Lipinski definition) is 3. The van der Waals surface area contributed by atoms with Crippen molar-refractivity contribution >= 4 is 22.4 Å². The number of azo groups is 1. The van der Waals surface area contributed by atoms with E-state index in [4.69, 9.17) is 0 Å². The van der Waals surface area contributed by atoms with Crippen LogP contribution in [0.2, 0.25) is 0 Å². The Hall–Kier alpha value is -3.27. The number of fused-ring (bicyclic) bond motifs is 1. The van der Waals surface area contributed by atoms with E-state index in [0.29, 0.717) is 5.95 Å². The van der Waals surface area contributed by atoms with E-state index in [1.54, 1.807) is 6.20 Å². The maximum Gasteiger partial charge on any atom is 0.249 e. The summed E-state index contributed by atoms with van der Waals surface area (Å²) in [6, 6.07) is 24.5. The number of aromatic nitrogens is 2. The summed E-state index contributed by atoms with van der Waals surface area (Å²) < 4.78 is 1.99. The third-order valence-electron chi connectivity index (χ3n) is 3.90. The highest BCUT2D eigenvalue weighted by molar-refractivity contribution is 5.92. The molecular formula is C20H16N4. The van der Waals surface area contributed by atoms with Crippen LogP contribution >= 0.6 is 0 Å². The van der Waals surface area contributed by atoms with Crippen LogP contribution < -0.4 is 0 Å². The maximum absolute atomic E-state index is 4.42. The standard InChI is InChI=1S/C20H16N4/c1-2-7-16(8-3-1)15-24-14-13-21-20(24)23-22-19-12-6-10-17-9-4-5-11-18(17)19/h1-14H,15H2. The van der Waals surface area contributed by atoms with Crippen molar-refractivity contribution in [3.63, 3.8) is 0 Å². The minimum atomic E-state index is 0.604. The molecule has 1 heterocycles. The predicted molar refractivity (Wildman–Crippen MR) is 95.9 cm³/mol. The van der Waals surface area contributed by atoms with Gasteiger partial charge in [-0.1, -0.05) is 66.7 Å². The molecule has 0 unspecified atom stereocenters. The van der Waals surface area contributed by atoms with E-state index >= 15 is 0 Å². The van der Waals surface area contributed by atoms with Crippen LogP contribution in [0.4, 0.5) is 11.6 Å². The number of hydrogen-bond donors (Lipinski definition) is 0. The monoisotopic (exact) mass is 312 g/mol. The van der Waals surface area contributed by atoms with Crippen LogP contribution in [0, 0.1) is 0 Å². The van der Waals surface area contributed by atoms with Crippen molar-refractivity contribution in [2.45, 2.75) is 6.54 Å². The van der Waals surface area contributed by atoms with Gasteiger partial charge in [-0.15, -0.1) is 10.2 Å². The van der Waals surface area contributed by atoms with E-state index in [9.17, 15) is 0 Å². The largest absolute Gasteiger partial charge is 0.310 e. The normalized spacial score (nSPS) is 11.3. The zero-order valence-corrected chi connectivity index (χ0v) is 13.1. The second-order valence-corrected chi connectivity index (χ2v) is 5.54. The maximum atomic E-state index is 4.42. The van der Waals surface area contributed by atoms with Crippen molar-refractivity contribution < 1.29 is 0 Å². The zero-order valence-electron chi connectivity index (χ0n) is 13.1. The lowest BCUT2D eigenvalue weighted by molar-refractivity contribution is 0.791. The fraction of sp³-hybridized carbons (Fsp3) is 0.0500. The predicted octanol–water partition coefficient (Wildman–Crippen LogP) is 5.50. The Balaban J connectivity index is 1.64. The highest BCUT2D eigenvalue weighted by atomic mass is 15.3. The molecule has 0 saturated heterocycles. The highest BCUT2D eigenvalue weighted by Crippen LogP contribution is 2.27. The molecule has 0 aliphatic rings. The number of rotatable bonds is 4. The molecule has 0 aliphatic heterocycles. The van der Waals surface area contributed by atoms with Gasteiger partial charge in [-0.25, -0.2) is 4.98 Å². The summed E-state index contributed by atoms with van der Waals surface area (Å²) in [5, 5.41) is 11.0. The Bertz CT molecular complexity index is 981. The van der Waals surface area contributed by atoms with Crippen molar-refractivity contribution in [3.8, 4) is 0 Å². The van der Waals surface area contributed by atoms with Gasteiger partial charge in [0.1, 0.15) is 0 Å². The van der Waals surface area contributed by atoms with Crippen molar-refractivity contribution in [2.24, 2.45) is 10.2 Å². The third kappa shape index (κ3) is 2.94. The van der Waals surface area contributed by atoms with Gasteiger partial charge in [0, 0.05) is 17.8 Å². The SMILES string of the molecule is c1ccc(Cn2ccnc2N=Nc2cccc3ccccc23)cc1. The number of nitrogens with zero attached hydrogens (tertiary/aromatic N) is 4. The summed E-state index contributed by atoms with van der Waals surface area (Å²) >= 11 is 0. The molecule has 0 amide bonds. The van der Waals surface area contributed by atoms with Crippen LogP contribution in [0.15, 0.2) is 95.4 Å². The summed E-state index contributed by atoms with van der Waals surface area (Å²) in [7, 11) is 0. The molecule has 4 aromatic rings. The molecule has 0 fully saturated rings. The molecule has 0 bridgehead atoms. The highest BCUT2D eigenvalue weighted by Gasteiger charge is 2.03. The second-order valence-electron chi connectivity index (χ2n) is 5.54. The average Bonchev–Trinajstić information content (AvgIpc) is 3.08. The number of imidazole rings is 1. The minimum absolute atomic E-state index is 0.604. The van der Waals surface area contributed by atoms with Crippen LogP contribution in [-0.4, -0.2) is 9.55 Å². The summed E-state index contributed by atoms with van der Waals surface area (Å²) in [5.74, 6) is 0.604. The molecule has 0 N–H and O–H groups in total. The van der Waals surface area contributed by atoms with E-state index in [1.165, 1.54) is 5.56 Å². The molecule has 4 rings (SSSR count). The van der Waals surface area contributed by atoms with Crippen LogP contribution in [0.3, 0.4) is 0 Å². The van der Waals surface area contributed by atoms with E-state index in [2.05, 4.69) is 45.5 Å². The van der Waals surface area contributed by atoms with Crippen LogP contribution in [0.5, 0.6) is 0 Å². The Morgan fingerprint density at radius 2 is 1.58 bits per heavy atom. The first-order valence-electron chi connectivity index (χ1n) is 7.85. The van der Waals surface area contributed by atoms with Gasteiger partial charge < -0.3 is 4.57 Å². The van der Waals surface area contributed by atoms with Crippen LogP contribution in [-0.2, 0) is 6.54 Å². The zero-order chi connectivity index (χ0) is 16.2. The molecule has 4 heteroatoms. The fourth-order valence-corrected chi connectivity index (χ4v) is 2.70. The Labute approximate surface area is 140 Å². The average molecular weight is 312 g/mol. The van der Waals surface area contributed by atoms with E-state index in [0.717, 1.165) is 23.0 Å². The fourth-order valence-electron chi connectivity index (χ4n) is 2.70. The molecule has 0 atom stereocenters. The quantitative estimate of drug-likeness (QED) is 0.459. The first-order valence-corrected chi connectivity index (χ1v) is 7.85. The molecule has 0 saturated carbocycles. The first kappa shape index (κ1) is 14.3. The lowest BCUT2D eigenvalue weighted by Crippen LogP contribution is -1.97. The Kier molecular flexibility index (Phi) is 3.86. The van der Waals surface area contributed by atoms with Gasteiger partial charge in [0.05, 0.1) is 12.2 Å². The molecule has 1 aromatic heterocycles. The van der Waals surface area contributed by atoms with Crippen molar-refractivity contribution in [3.05, 3.63) is 90.8 Å². The van der Waals surface area contributed by atoms with E-state index in [1.807, 2.05) is 53.2 Å². The van der Waals surface area contributed by atoms with Gasteiger partial charge in [-0.05, 0) is 17.0 Å². The number of benzene rings is 3. The second kappa shape index (κ2) is 6.46. The topological polar surface area (TPSA) is 42.5 Å². The summed E-state index contributed by atoms with van der Waals surface area (Å²) in [6.45, 7) is 0.727. The minimum Gasteiger partial charge on any atom is -0.310 e. The first-order chi connectivity index (χ1) is 11.9. The molecule has 0 spiro atoms. The molecule has 24 heavy (non-hydrogen) atoms. The molecule has 0 radical (unpaired) electrons. The Morgan fingerprint density at radius 1 is 0.792 bits per heavy atom. The van der Waals surface area contributed by atoms with Crippen molar-refractivity contribution in [2.75, 3.05) is 0 Å². The van der Waals surface area contributed by atoms with E-state index in [-0.39, 0.29) is 0 Å². The van der Waals surface area contributed by atoms with Crippen molar-refractivity contribution in [1.82, 2.24) is 9.55 Å². The van der Waals surface area contributed by atoms with Gasteiger partial charge in [0.25, 0.3) is 0 Å². The van der Waals surface area contributed by atoms with Crippen LogP contribution in [0.25, 0.3) is 10.8 Å². The molecular weight excluding hydrogens is 296 g/mol. The summed E-state index contributed by atoms with van der Waals surface area (Å²) in [6.07, 6.45) is 3.67. The molecule has 3 aromatic carbocycles. The molecule has 0 aliphatic carbocycles. The molecule has 116 valence electrons. The smallest absolute Gasteiger partial charge is 0.249 e. The lowest BCUT2D eigenvalue weighted by atomic mass is 10.1. The van der Waals surface area contributed by atoms with Crippen LogP contribution in [0.1, 0.15) is 5.56 Å². The third-order valence-corrected chi connectivity index (χ3v) is 3.90.